The second kappa shape index (κ2) is 6.02. The Balaban J connectivity index is 2.53. The Kier molecular flexibility index (Phi) is 4.69. The first-order chi connectivity index (χ1) is 9.73. The smallest absolute Gasteiger partial charge is 0.258 e. The van der Waals surface area contributed by atoms with Gasteiger partial charge in [-0.1, -0.05) is 22.9 Å². The quantitative estimate of drug-likeness (QED) is 0.599. The fourth-order valence-electron chi connectivity index (χ4n) is 2.55. The summed E-state index contributed by atoms with van der Waals surface area (Å²) in [6.07, 6.45) is 1.73. The van der Waals surface area contributed by atoms with Crippen molar-refractivity contribution >= 4 is 31.6 Å². The summed E-state index contributed by atoms with van der Waals surface area (Å²) in [6.45, 7) is 4.23. The molecule has 0 bridgehead atoms. The van der Waals surface area contributed by atoms with Crippen LogP contribution < -0.4 is 0 Å². The van der Waals surface area contributed by atoms with Gasteiger partial charge in [-0.2, -0.15) is 4.31 Å². The average molecular weight is 377 g/mol. The van der Waals surface area contributed by atoms with E-state index in [0.29, 0.717) is 11.0 Å². The van der Waals surface area contributed by atoms with Crippen LogP contribution in [0, 0.1) is 16.0 Å². The zero-order valence-electron chi connectivity index (χ0n) is 11.8. The molecule has 0 spiro atoms. The van der Waals surface area contributed by atoms with Crippen LogP contribution in [0.5, 0.6) is 0 Å². The van der Waals surface area contributed by atoms with Crippen molar-refractivity contribution in [3.05, 3.63) is 32.8 Å². The van der Waals surface area contributed by atoms with E-state index in [0.717, 1.165) is 12.8 Å². The summed E-state index contributed by atoms with van der Waals surface area (Å²) in [6, 6.07) is 3.85. The molecule has 21 heavy (non-hydrogen) atoms. The van der Waals surface area contributed by atoms with Gasteiger partial charge in [-0.25, -0.2) is 8.42 Å². The molecule has 2 atom stereocenters. The number of benzene rings is 1. The molecule has 1 aliphatic heterocycles. The molecule has 0 aromatic heterocycles. The highest BCUT2D eigenvalue weighted by molar-refractivity contribution is 9.10. The van der Waals surface area contributed by atoms with E-state index in [4.69, 9.17) is 0 Å². The van der Waals surface area contributed by atoms with E-state index in [2.05, 4.69) is 15.9 Å². The average Bonchev–Trinajstić information content (AvgIpc) is 2.41. The van der Waals surface area contributed by atoms with Gasteiger partial charge < -0.3 is 0 Å². The summed E-state index contributed by atoms with van der Waals surface area (Å²) in [5.74, 6) is 0.252. The number of nitrogens with zero attached hydrogens (tertiary/aromatic N) is 2. The molecule has 0 aliphatic carbocycles. The van der Waals surface area contributed by atoms with Crippen LogP contribution in [0.25, 0.3) is 0 Å². The normalized spacial score (nSPS) is 24.0. The fraction of sp³-hybridized carbons (Fsp3) is 0.538. The van der Waals surface area contributed by atoms with Gasteiger partial charge in [-0.3, -0.25) is 10.1 Å². The minimum Gasteiger partial charge on any atom is -0.258 e. The van der Waals surface area contributed by atoms with Gasteiger partial charge in [0.1, 0.15) is 0 Å². The number of hydrogen-bond donors (Lipinski definition) is 0. The Morgan fingerprint density at radius 3 is 2.62 bits per heavy atom. The first kappa shape index (κ1) is 16.4. The third-order valence-electron chi connectivity index (χ3n) is 3.77. The number of sulfonamides is 1. The molecule has 6 nitrogen and oxygen atoms in total. The lowest BCUT2D eigenvalue weighted by Crippen LogP contribution is -2.44. The molecule has 0 radical (unpaired) electrons. The number of rotatable bonds is 3. The predicted molar refractivity (Wildman–Crippen MR) is 82.5 cm³/mol. The summed E-state index contributed by atoms with van der Waals surface area (Å²) in [7, 11) is -3.88. The number of nitro benzene ring substituents is 1. The van der Waals surface area contributed by atoms with Gasteiger partial charge in [0.2, 0.25) is 10.0 Å². The van der Waals surface area contributed by atoms with E-state index in [9.17, 15) is 18.5 Å². The van der Waals surface area contributed by atoms with E-state index in [-0.39, 0.29) is 22.5 Å². The molecule has 1 saturated heterocycles. The van der Waals surface area contributed by atoms with Gasteiger partial charge in [0.15, 0.2) is 4.90 Å². The molecule has 0 amide bonds. The molecule has 2 rings (SSSR count). The highest BCUT2D eigenvalue weighted by Gasteiger charge is 2.37. The molecule has 1 aliphatic rings. The second-order valence-electron chi connectivity index (χ2n) is 5.48. The molecular weight excluding hydrogens is 360 g/mol. The summed E-state index contributed by atoms with van der Waals surface area (Å²) in [4.78, 5) is 10.2. The van der Waals surface area contributed by atoms with E-state index >= 15 is 0 Å². The number of piperidine rings is 1. The predicted octanol–water partition coefficient (Wildman–Crippen LogP) is 3.17. The molecule has 8 heteroatoms. The van der Waals surface area contributed by atoms with Gasteiger partial charge in [0, 0.05) is 23.1 Å². The van der Waals surface area contributed by atoms with Crippen molar-refractivity contribution < 1.29 is 13.3 Å². The monoisotopic (exact) mass is 376 g/mol. The lowest BCUT2D eigenvalue weighted by atomic mass is 9.97. The van der Waals surface area contributed by atoms with E-state index < -0.39 is 14.9 Å². The molecule has 1 aromatic rings. The van der Waals surface area contributed by atoms with E-state index in [1.54, 1.807) is 0 Å². The Morgan fingerprint density at radius 1 is 1.33 bits per heavy atom. The van der Waals surface area contributed by atoms with Crippen LogP contribution in [0.15, 0.2) is 27.6 Å². The van der Waals surface area contributed by atoms with Gasteiger partial charge in [-0.15, -0.1) is 0 Å². The maximum Gasteiger partial charge on any atom is 0.289 e. The lowest BCUT2D eigenvalue weighted by molar-refractivity contribution is -0.387. The van der Waals surface area contributed by atoms with E-state index in [1.807, 2.05) is 13.8 Å². The molecule has 1 heterocycles. The van der Waals surface area contributed by atoms with Crippen molar-refractivity contribution in [2.24, 2.45) is 5.92 Å². The number of nitro groups is 1. The molecule has 1 aromatic carbocycles. The third kappa shape index (κ3) is 3.27. The number of hydrogen-bond acceptors (Lipinski definition) is 4. The summed E-state index contributed by atoms with van der Waals surface area (Å²) >= 11 is 3.18. The molecule has 0 saturated carbocycles. The molecular formula is C13H17BrN2O4S. The van der Waals surface area contributed by atoms with Crippen LogP contribution in [0.2, 0.25) is 0 Å². The van der Waals surface area contributed by atoms with Crippen molar-refractivity contribution in [1.82, 2.24) is 4.31 Å². The van der Waals surface area contributed by atoms with Crippen LogP contribution in [-0.2, 0) is 10.0 Å². The van der Waals surface area contributed by atoms with Crippen LogP contribution in [0.1, 0.15) is 26.7 Å². The zero-order chi connectivity index (χ0) is 15.8. The van der Waals surface area contributed by atoms with Crippen molar-refractivity contribution in [3.63, 3.8) is 0 Å². The standard InChI is InChI=1S/C13H17BrN2O4S/c1-9-3-4-10(2)15(8-9)21(19,20)13-7-11(14)5-6-12(13)16(17)18/h5-7,9-10H,3-4,8H2,1-2H3. The zero-order valence-corrected chi connectivity index (χ0v) is 14.2. The Morgan fingerprint density at radius 2 is 2.00 bits per heavy atom. The Labute approximate surface area is 132 Å². The van der Waals surface area contributed by atoms with Crippen molar-refractivity contribution in [2.75, 3.05) is 6.54 Å². The summed E-state index contributed by atoms with van der Waals surface area (Å²) in [5.41, 5.74) is -0.386. The molecule has 116 valence electrons. The van der Waals surface area contributed by atoms with Crippen LogP contribution >= 0.6 is 15.9 Å². The first-order valence-corrected chi connectivity index (χ1v) is 8.92. The summed E-state index contributed by atoms with van der Waals surface area (Å²) in [5, 5.41) is 11.1. The van der Waals surface area contributed by atoms with Crippen LogP contribution in [-0.4, -0.2) is 30.2 Å². The topological polar surface area (TPSA) is 80.5 Å². The van der Waals surface area contributed by atoms with Gasteiger partial charge in [0.25, 0.3) is 5.69 Å². The molecule has 2 unspecified atom stereocenters. The Bertz CT molecular complexity index is 662. The van der Waals surface area contributed by atoms with Crippen molar-refractivity contribution in [1.29, 1.82) is 0 Å². The maximum atomic E-state index is 12.8. The van der Waals surface area contributed by atoms with Gasteiger partial charge >= 0.3 is 0 Å². The maximum absolute atomic E-state index is 12.8. The highest BCUT2D eigenvalue weighted by atomic mass is 79.9. The van der Waals surface area contributed by atoms with Crippen LogP contribution in [0.3, 0.4) is 0 Å². The SMILES string of the molecule is CC1CCC(C)N(S(=O)(=O)c2cc(Br)ccc2[N+](=O)[O-])C1. The fourth-order valence-corrected chi connectivity index (χ4v) is 5.03. The molecule has 1 fully saturated rings. The second-order valence-corrected chi connectivity index (χ2v) is 8.25. The van der Waals surface area contributed by atoms with Crippen molar-refractivity contribution in [3.8, 4) is 0 Å². The Hall–Kier alpha value is -0.990. The minimum atomic E-state index is -3.88. The third-order valence-corrected chi connectivity index (χ3v) is 6.27. The largest absolute Gasteiger partial charge is 0.289 e. The van der Waals surface area contributed by atoms with Crippen molar-refractivity contribution in [2.45, 2.75) is 37.6 Å². The highest BCUT2D eigenvalue weighted by Crippen LogP contribution is 2.33. The molecule has 0 N–H and O–H groups in total. The van der Waals surface area contributed by atoms with Crippen LogP contribution in [0.4, 0.5) is 5.69 Å². The first-order valence-electron chi connectivity index (χ1n) is 6.69. The van der Waals surface area contributed by atoms with Gasteiger partial charge in [-0.05, 0) is 37.8 Å². The lowest BCUT2D eigenvalue weighted by Gasteiger charge is -2.35. The number of halogens is 1. The van der Waals surface area contributed by atoms with Gasteiger partial charge in [0.05, 0.1) is 4.92 Å². The minimum absolute atomic E-state index is 0.148. The summed E-state index contributed by atoms with van der Waals surface area (Å²) < 4.78 is 27.5. The van der Waals surface area contributed by atoms with E-state index in [1.165, 1.54) is 22.5 Å².